The average Bonchev–Trinajstić information content (AvgIpc) is 2.37. The molecule has 0 aliphatic heterocycles. The molecule has 0 unspecified atom stereocenters. The molecule has 2 rings (SSSR count). The van der Waals surface area contributed by atoms with Crippen LogP contribution in [0.25, 0.3) is 0 Å². The normalized spacial score (nSPS) is 10.2. The number of amidine groups is 1. The number of rotatable bonds is 4. The van der Waals surface area contributed by atoms with Gasteiger partial charge >= 0.3 is 0 Å². The van der Waals surface area contributed by atoms with Crippen molar-refractivity contribution in [2.75, 3.05) is 0 Å². The molecule has 3 nitrogen and oxygen atoms in total. The summed E-state index contributed by atoms with van der Waals surface area (Å²) >= 11 is 0. The third-order valence-corrected chi connectivity index (χ3v) is 2.75. The number of nitrogens with one attached hydrogen (secondary N) is 1. The van der Waals surface area contributed by atoms with Crippen molar-refractivity contribution in [3.05, 3.63) is 65.0 Å². The van der Waals surface area contributed by atoms with E-state index in [-0.39, 0.29) is 12.4 Å². The smallest absolute Gasteiger partial charge is 0.130 e. The SMILES string of the molecule is Cc1cccc(OCc2ccc(C(=N)N)cc2F)c1. The maximum Gasteiger partial charge on any atom is 0.130 e. The molecule has 0 aliphatic rings. The molecule has 0 aromatic heterocycles. The second kappa shape index (κ2) is 5.52. The predicted molar refractivity (Wildman–Crippen MR) is 72.9 cm³/mol. The van der Waals surface area contributed by atoms with E-state index in [0.717, 1.165) is 5.56 Å². The monoisotopic (exact) mass is 258 g/mol. The summed E-state index contributed by atoms with van der Waals surface area (Å²) < 4.78 is 19.3. The molecule has 0 saturated carbocycles. The second-order valence-corrected chi connectivity index (χ2v) is 4.33. The Morgan fingerprint density at radius 3 is 2.68 bits per heavy atom. The number of nitrogen functional groups attached to an aromatic ring is 1. The first-order valence-electron chi connectivity index (χ1n) is 5.88. The lowest BCUT2D eigenvalue weighted by molar-refractivity contribution is 0.299. The number of hydrogen-bond acceptors (Lipinski definition) is 2. The number of aryl methyl sites for hydroxylation is 1. The van der Waals surface area contributed by atoms with Crippen LogP contribution in [0.3, 0.4) is 0 Å². The maximum absolute atomic E-state index is 13.8. The molecule has 0 aliphatic carbocycles. The van der Waals surface area contributed by atoms with E-state index in [1.54, 1.807) is 12.1 Å². The fourth-order valence-corrected chi connectivity index (χ4v) is 1.70. The van der Waals surface area contributed by atoms with Crippen molar-refractivity contribution < 1.29 is 9.13 Å². The third kappa shape index (κ3) is 3.31. The van der Waals surface area contributed by atoms with Gasteiger partial charge in [0.05, 0.1) is 0 Å². The van der Waals surface area contributed by atoms with Crippen LogP contribution in [0.5, 0.6) is 5.75 Å². The van der Waals surface area contributed by atoms with Gasteiger partial charge in [-0.1, -0.05) is 24.3 Å². The van der Waals surface area contributed by atoms with Gasteiger partial charge in [-0.15, -0.1) is 0 Å². The lowest BCUT2D eigenvalue weighted by Gasteiger charge is -2.08. The van der Waals surface area contributed by atoms with Crippen LogP contribution in [0.1, 0.15) is 16.7 Å². The molecule has 0 bridgehead atoms. The molecule has 19 heavy (non-hydrogen) atoms. The average molecular weight is 258 g/mol. The van der Waals surface area contributed by atoms with Crippen LogP contribution in [-0.2, 0) is 6.61 Å². The van der Waals surface area contributed by atoms with Gasteiger partial charge in [0.2, 0.25) is 0 Å². The van der Waals surface area contributed by atoms with Gasteiger partial charge < -0.3 is 10.5 Å². The minimum atomic E-state index is -0.416. The molecule has 0 heterocycles. The summed E-state index contributed by atoms with van der Waals surface area (Å²) in [6, 6.07) is 12.0. The molecule has 0 radical (unpaired) electrons. The molecule has 0 atom stereocenters. The largest absolute Gasteiger partial charge is 0.489 e. The topological polar surface area (TPSA) is 59.1 Å². The van der Waals surface area contributed by atoms with E-state index in [1.807, 2.05) is 31.2 Å². The summed E-state index contributed by atoms with van der Waals surface area (Å²) in [5, 5.41) is 7.24. The van der Waals surface area contributed by atoms with Gasteiger partial charge in [0.25, 0.3) is 0 Å². The van der Waals surface area contributed by atoms with Crippen LogP contribution in [0.15, 0.2) is 42.5 Å². The van der Waals surface area contributed by atoms with Crippen molar-refractivity contribution in [1.29, 1.82) is 5.41 Å². The van der Waals surface area contributed by atoms with Crippen molar-refractivity contribution in [2.45, 2.75) is 13.5 Å². The molecule has 0 saturated heterocycles. The first-order valence-corrected chi connectivity index (χ1v) is 5.88. The Hall–Kier alpha value is -2.36. The standard InChI is InChI=1S/C15H15FN2O/c1-10-3-2-4-13(7-10)19-9-12-6-5-11(15(17)18)8-14(12)16/h2-8H,9H2,1H3,(H3,17,18). The summed E-state index contributed by atoms with van der Waals surface area (Å²) in [5.41, 5.74) is 7.20. The zero-order chi connectivity index (χ0) is 13.8. The van der Waals surface area contributed by atoms with Gasteiger partial charge in [-0.2, -0.15) is 0 Å². The molecule has 4 heteroatoms. The molecule has 2 aromatic carbocycles. The Morgan fingerprint density at radius 2 is 2.05 bits per heavy atom. The van der Waals surface area contributed by atoms with Crippen LogP contribution in [0.2, 0.25) is 0 Å². The fraction of sp³-hybridized carbons (Fsp3) is 0.133. The van der Waals surface area contributed by atoms with Gasteiger partial charge in [0.15, 0.2) is 0 Å². The van der Waals surface area contributed by atoms with Gasteiger partial charge in [0.1, 0.15) is 24.0 Å². The van der Waals surface area contributed by atoms with E-state index in [4.69, 9.17) is 15.9 Å². The summed E-state index contributed by atoms with van der Waals surface area (Å²) in [5.74, 6) is 0.139. The van der Waals surface area contributed by atoms with E-state index >= 15 is 0 Å². The molecule has 0 fully saturated rings. The molecule has 0 spiro atoms. The minimum Gasteiger partial charge on any atom is -0.489 e. The summed E-state index contributed by atoms with van der Waals surface area (Å²) in [7, 11) is 0. The quantitative estimate of drug-likeness (QED) is 0.654. The maximum atomic E-state index is 13.8. The number of benzene rings is 2. The van der Waals surface area contributed by atoms with Crippen LogP contribution >= 0.6 is 0 Å². The Balaban J connectivity index is 2.10. The third-order valence-electron chi connectivity index (χ3n) is 2.75. The van der Waals surface area contributed by atoms with Crippen LogP contribution in [-0.4, -0.2) is 5.84 Å². The number of nitrogens with two attached hydrogens (primary N) is 1. The van der Waals surface area contributed by atoms with Gasteiger partial charge in [0, 0.05) is 11.1 Å². The molecular weight excluding hydrogens is 243 g/mol. The molecular formula is C15H15FN2O. The van der Waals surface area contributed by atoms with E-state index in [9.17, 15) is 4.39 Å². The number of halogens is 1. The molecule has 2 aromatic rings. The van der Waals surface area contributed by atoms with Crippen LogP contribution < -0.4 is 10.5 Å². The highest BCUT2D eigenvalue weighted by Gasteiger charge is 2.06. The fourth-order valence-electron chi connectivity index (χ4n) is 1.70. The van der Waals surface area contributed by atoms with E-state index in [1.165, 1.54) is 6.07 Å². The van der Waals surface area contributed by atoms with E-state index < -0.39 is 5.82 Å². The second-order valence-electron chi connectivity index (χ2n) is 4.33. The zero-order valence-corrected chi connectivity index (χ0v) is 10.6. The van der Waals surface area contributed by atoms with Crippen molar-refractivity contribution in [1.82, 2.24) is 0 Å². The lowest BCUT2D eigenvalue weighted by Crippen LogP contribution is -2.12. The van der Waals surface area contributed by atoms with E-state index in [2.05, 4.69) is 0 Å². The molecule has 98 valence electrons. The minimum absolute atomic E-state index is 0.146. The van der Waals surface area contributed by atoms with Crippen LogP contribution in [0, 0.1) is 18.2 Å². The van der Waals surface area contributed by atoms with Crippen molar-refractivity contribution in [3.63, 3.8) is 0 Å². The van der Waals surface area contributed by atoms with Crippen molar-refractivity contribution in [2.24, 2.45) is 5.73 Å². The molecule has 0 amide bonds. The zero-order valence-electron chi connectivity index (χ0n) is 10.6. The van der Waals surface area contributed by atoms with Gasteiger partial charge in [-0.3, -0.25) is 5.41 Å². The van der Waals surface area contributed by atoms with Gasteiger partial charge in [-0.25, -0.2) is 4.39 Å². The van der Waals surface area contributed by atoms with Crippen molar-refractivity contribution >= 4 is 5.84 Å². The first-order chi connectivity index (χ1) is 9.06. The highest BCUT2D eigenvalue weighted by molar-refractivity contribution is 5.94. The molecule has 3 N–H and O–H groups in total. The first kappa shape index (κ1) is 13.1. The van der Waals surface area contributed by atoms with E-state index in [0.29, 0.717) is 16.9 Å². The summed E-state index contributed by atoms with van der Waals surface area (Å²) in [4.78, 5) is 0. The summed E-state index contributed by atoms with van der Waals surface area (Å²) in [6.07, 6.45) is 0. The Labute approximate surface area is 111 Å². The highest BCUT2D eigenvalue weighted by Crippen LogP contribution is 2.16. The Morgan fingerprint density at radius 1 is 1.26 bits per heavy atom. The highest BCUT2D eigenvalue weighted by atomic mass is 19.1. The Bertz CT molecular complexity index is 611. The summed E-state index contributed by atoms with van der Waals surface area (Å²) in [6.45, 7) is 2.11. The lowest BCUT2D eigenvalue weighted by atomic mass is 10.1. The van der Waals surface area contributed by atoms with Gasteiger partial charge in [-0.05, 0) is 30.7 Å². The van der Waals surface area contributed by atoms with Crippen LogP contribution in [0.4, 0.5) is 4.39 Å². The Kier molecular flexibility index (Phi) is 3.80. The number of hydrogen-bond donors (Lipinski definition) is 2. The predicted octanol–water partition coefficient (Wildman–Crippen LogP) is 3.00. The number of ether oxygens (including phenoxy) is 1. The van der Waals surface area contributed by atoms with Crippen molar-refractivity contribution in [3.8, 4) is 5.75 Å².